The lowest BCUT2D eigenvalue weighted by atomic mass is 10.00. The van der Waals surface area contributed by atoms with Gasteiger partial charge in [0.05, 0.1) is 41.3 Å². The van der Waals surface area contributed by atoms with E-state index in [-0.39, 0.29) is 65.0 Å². The Labute approximate surface area is 425 Å². The molecule has 19 heteroatoms. The fraction of sp³-hybridized carbons (Fsp3) is 0.200. The molecule has 384 valence electrons. The van der Waals surface area contributed by atoms with Crippen LogP contribution in [0.1, 0.15) is 71.2 Å². The van der Waals surface area contributed by atoms with Gasteiger partial charge in [0.2, 0.25) is 30.1 Å². The molecule has 0 fully saturated rings. The third kappa shape index (κ3) is 13.1. The van der Waals surface area contributed by atoms with Crippen molar-refractivity contribution >= 4 is 54.1 Å². The van der Waals surface area contributed by atoms with E-state index in [0.717, 1.165) is 55.7 Å². The number of carbonyl (C=O) groups excluding carboxylic acids is 2. The van der Waals surface area contributed by atoms with Crippen molar-refractivity contribution in [1.82, 2.24) is 20.6 Å². The number of aromatic nitrogens is 2. The molecule has 0 aliphatic heterocycles. The number of methoxy groups -OCH3 is 4. The average molecular weight is 1030 g/mol. The summed E-state index contributed by atoms with van der Waals surface area (Å²) in [6.45, 7) is 3.75. The van der Waals surface area contributed by atoms with Crippen LogP contribution in [0.4, 0.5) is 8.78 Å². The molecule has 0 saturated heterocycles. The number of allylic oxidation sites excluding steroid dienone is 4. The van der Waals surface area contributed by atoms with E-state index in [4.69, 9.17) is 33.5 Å². The first kappa shape index (κ1) is 53.6. The fourth-order valence-corrected chi connectivity index (χ4v) is 8.62. The van der Waals surface area contributed by atoms with E-state index in [1.54, 1.807) is 67.3 Å². The molecular formula is C55H53F2N4O12P. The molecule has 0 saturated carbocycles. The molecule has 4 aromatic carbocycles. The smallest absolute Gasteiger partial charge is 0.472 e. The Bertz CT molecular complexity index is 3200. The minimum absolute atomic E-state index is 0.0544. The molecule has 2 aromatic heterocycles. The first-order chi connectivity index (χ1) is 35.5. The van der Waals surface area contributed by atoms with Gasteiger partial charge in [0.25, 0.3) is 0 Å². The second-order valence-corrected chi connectivity index (χ2v) is 18.0. The number of phenolic OH excluding ortho intramolecular Hbond substituents is 1. The zero-order valence-corrected chi connectivity index (χ0v) is 42.1. The second-order valence-electron chi connectivity index (χ2n) is 16.7. The zero-order valence-electron chi connectivity index (χ0n) is 41.2. The predicted molar refractivity (Wildman–Crippen MR) is 275 cm³/mol. The van der Waals surface area contributed by atoms with Crippen LogP contribution in [0.3, 0.4) is 0 Å². The molecule has 0 radical (unpaired) electrons. The number of fused-ring (bicyclic) bond motifs is 2. The van der Waals surface area contributed by atoms with Gasteiger partial charge in [0, 0.05) is 37.9 Å². The molecule has 0 atom stereocenters. The van der Waals surface area contributed by atoms with Gasteiger partial charge in [-0.15, -0.1) is 0 Å². The number of phosphoric ester groups is 1. The van der Waals surface area contributed by atoms with Crippen molar-refractivity contribution in [2.24, 2.45) is 0 Å². The molecule has 16 nitrogen and oxygen atoms in total. The van der Waals surface area contributed by atoms with Crippen LogP contribution in [-0.4, -0.2) is 71.9 Å². The quantitative estimate of drug-likeness (QED) is 0.0400. The minimum Gasteiger partial charge on any atom is -0.502 e. The molecule has 6 aromatic rings. The van der Waals surface area contributed by atoms with Gasteiger partial charge in [-0.05, 0) is 165 Å². The Balaban J connectivity index is 0.000000219. The lowest BCUT2D eigenvalue weighted by Crippen LogP contribution is -2.22. The van der Waals surface area contributed by atoms with E-state index in [0.29, 0.717) is 35.4 Å². The van der Waals surface area contributed by atoms with Crippen molar-refractivity contribution in [3.8, 4) is 34.5 Å². The summed E-state index contributed by atoms with van der Waals surface area (Å²) < 4.78 is 70.5. The van der Waals surface area contributed by atoms with Gasteiger partial charge in [0.15, 0.2) is 23.0 Å². The number of nitrogens with zero attached hydrogens (tertiary/aromatic N) is 2. The van der Waals surface area contributed by atoms with E-state index >= 15 is 0 Å². The third-order valence-corrected chi connectivity index (χ3v) is 12.5. The van der Waals surface area contributed by atoms with Crippen molar-refractivity contribution in [2.45, 2.75) is 39.8 Å². The Morgan fingerprint density at radius 3 is 1.42 bits per heavy atom. The summed E-state index contributed by atoms with van der Waals surface area (Å²) in [5, 5.41) is 16.0. The van der Waals surface area contributed by atoms with Gasteiger partial charge in [0.1, 0.15) is 11.6 Å². The van der Waals surface area contributed by atoms with Crippen molar-refractivity contribution in [2.75, 3.05) is 35.2 Å². The number of carbonyl (C=O) groups is 2. The monoisotopic (exact) mass is 1030 g/mol. The predicted octanol–water partition coefficient (Wildman–Crippen LogP) is 9.70. The first-order valence-electron chi connectivity index (χ1n) is 22.8. The number of halogens is 2. The summed E-state index contributed by atoms with van der Waals surface area (Å²) in [5.41, 5.74) is 10.9. The van der Waals surface area contributed by atoms with Gasteiger partial charge < -0.3 is 49.2 Å². The van der Waals surface area contributed by atoms with E-state index in [1.165, 1.54) is 52.7 Å². The average Bonchev–Trinajstić information content (AvgIpc) is 3.78. The number of rotatable bonds is 18. The van der Waals surface area contributed by atoms with E-state index in [2.05, 4.69) is 25.1 Å². The molecular weight excluding hydrogens is 978 g/mol. The van der Waals surface area contributed by atoms with E-state index in [9.17, 15) is 28.0 Å². The molecule has 2 amide bonds. The van der Waals surface area contributed by atoms with Crippen molar-refractivity contribution in [3.05, 3.63) is 177 Å². The summed E-state index contributed by atoms with van der Waals surface area (Å²) in [6.07, 6.45) is 10.6. The van der Waals surface area contributed by atoms with Crippen LogP contribution in [-0.2, 0) is 31.8 Å². The Hall–Kier alpha value is -8.15. The number of hydrogen-bond acceptors (Lipinski definition) is 12. The maximum Gasteiger partial charge on any atom is 0.472 e. The summed E-state index contributed by atoms with van der Waals surface area (Å²) in [6, 6.07) is 23.1. The highest BCUT2D eigenvalue weighted by Gasteiger charge is 2.28. The summed E-state index contributed by atoms with van der Waals surface area (Å²) in [5.74, 6) is -0.131. The number of phosphoric acid groups is 1. The molecule has 5 N–H and O–H groups in total. The standard InChI is InChI=1S/C28H28FN2O8P.C27H25FN2O4/c1-17-22(9-19-10-25(36-2)28(26(11-19)37-3)38-16-39-40(33,34)35)21-7-6-20(29)12-24(21)23(17)13-27(32)31-15-18-5-4-8-30-14-18;1-16-21(9-18-10-24(33-2)27(32)25(11-18)34-3)20-7-6-19(28)12-23(20)22(16)13-26(31)30-15-17-5-4-8-29-14-17/h4-12,14H,13,15-16H2,1-3H3,(H,31,32)(H2,33,34,35);4-12,14,32H,13,15H2,1-3H3,(H,30,31)/b22-9-;21-9-. The number of phenols is 1. The first-order valence-corrected chi connectivity index (χ1v) is 24.3. The normalized spacial score (nSPS) is 13.8. The second kappa shape index (κ2) is 24.0. The van der Waals surface area contributed by atoms with Crippen molar-refractivity contribution < 1.29 is 66.0 Å². The Morgan fingerprint density at radius 1 is 0.622 bits per heavy atom. The van der Waals surface area contributed by atoms with Crippen LogP contribution in [0.15, 0.2) is 121 Å². The lowest BCUT2D eigenvalue weighted by Gasteiger charge is -2.16. The van der Waals surface area contributed by atoms with Crippen LogP contribution >= 0.6 is 7.82 Å². The maximum absolute atomic E-state index is 14.3. The molecule has 0 spiro atoms. The van der Waals surface area contributed by atoms with Crippen LogP contribution in [0, 0.1) is 11.6 Å². The molecule has 2 aliphatic carbocycles. The maximum atomic E-state index is 14.3. The number of nitrogens with one attached hydrogen (secondary N) is 2. The van der Waals surface area contributed by atoms with Gasteiger partial charge in [-0.25, -0.2) is 17.9 Å². The lowest BCUT2D eigenvalue weighted by molar-refractivity contribution is -0.121. The molecule has 8 rings (SSSR count). The van der Waals surface area contributed by atoms with Crippen LogP contribution in [0.2, 0.25) is 0 Å². The molecule has 0 bridgehead atoms. The molecule has 74 heavy (non-hydrogen) atoms. The number of benzene rings is 4. The highest BCUT2D eigenvalue weighted by atomic mass is 31.2. The number of ether oxygens (including phenoxy) is 5. The SMILES string of the molecule is COc1cc(/C=C2/C(C)=C(CC(=O)NCc3cccnc3)c3cc(F)ccc32)cc(OC)c1O.COc1cc(/C=C2/C(C)=C(CC(=O)NCc3cccnc3)c3cc(F)ccc32)cc(OC)c1OCOP(=O)(O)O. The Kier molecular flexibility index (Phi) is 17.4. The van der Waals surface area contributed by atoms with Crippen LogP contribution in [0.25, 0.3) is 34.4 Å². The highest BCUT2D eigenvalue weighted by Crippen LogP contribution is 2.48. The van der Waals surface area contributed by atoms with Gasteiger partial charge >= 0.3 is 7.82 Å². The highest BCUT2D eigenvalue weighted by molar-refractivity contribution is 7.46. The Morgan fingerprint density at radius 2 is 1.04 bits per heavy atom. The topological polar surface area (TPSA) is 217 Å². The summed E-state index contributed by atoms with van der Waals surface area (Å²) in [7, 11) is 1.00. The molecule has 2 heterocycles. The summed E-state index contributed by atoms with van der Waals surface area (Å²) >= 11 is 0. The van der Waals surface area contributed by atoms with Crippen LogP contribution in [0.5, 0.6) is 34.5 Å². The number of amides is 2. The van der Waals surface area contributed by atoms with Gasteiger partial charge in [-0.2, -0.15) is 0 Å². The van der Waals surface area contributed by atoms with Gasteiger partial charge in [-0.1, -0.05) is 24.3 Å². The molecule has 2 aliphatic rings. The summed E-state index contributed by atoms with van der Waals surface area (Å²) in [4.78, 5) is 51.5. The van der Waals surface area contributed by atoms with Crippen LogP contribution < -0.4 is 34.3 Å². The largest absolute Gasteiger partial charge is 0.502 e. The van der Waals surface area contributed by atoms with Crippen molar-refractivity contribution in [3.63, 3.8) is 0 Å². The number of pyridine rings is 2. The fourth-order valence-electron chi connectivity index (χ4n) is 8.43. The van der Waals surface area contributed by atoms with E-state index < -0.39 is 20.4 Å². The van der Waals surface area contributed by atoms with Gasteiger partial charge in [-0.3, -0.25) is 19.6 Å². The van der Waals surface area contributed by atoms with Crippen molar-refractivity contribution in [1.29, 1.82) is 0 Å². The number of hydrogen-bond donors (Lipinski definition) is 5. The molecule has 0 unspecified atom stereocenters. The third-order valence-electron chi connectivity index (χ3n) is 12.0. The van der Waals surface area contributed by atoms with E-state index in [1.807, 2.05) is 44.2 Å². The zero-order chi connectivity index (χ0) is 53.1. The number of aromatic hydroxyl groups is 1. The minimum atomic E-state index is -4.74.